The zero-order valence-corrected chi connectivity index (χ0v) is 29.6. The summed E-state index contributed by atoms with van der Waals surface area (Å²) in [7, 11) is -4.10. The van der Waals surface area contributed by atoms with Gasteiger partial charge in [0.15, 0.2) is 0 Å². The Morgan fingerprint density at radius 3 is 2.30 bits per heavy atom. The Balaban J connectivity index is 1.61. The lowest BCUT2D eigenvalue weighted by atomic mass is 9.95. The van der Waals surface area contributed by atoms with Gasteiger partial charge in [-0.05, 0) is 53.6 Å². The van der Waals surface area contributed by atoms with Crippen molar-refractivity contribution in [2.24, 2.45) is 17.0 Å². The Bertz CT molecular complexity index is 1720. The van der Waals surface area contributed by atoms with Crippen LogP contribution in [0, 0.1) is 11.8 Å². The minimum Gasteiger partial charge on any atom is -0.411 e. The van der Waals surface area contributed by atoms with Crippen LogP contribution in [0.5, 0.6) is 0 Å². The number of carbonyl (C=O) groups is 3. The fourth-order valence-corrected chi connectivity index (χ4v) is 7.51. The van der Waals surface area contributed by atoms with Gasteiger partial charge in [0.1, 0.15) is 12.6 Å². The number of aliphatic hydroxyl groups is 1. The quantitative estimate of drug-likeness (QED) is 0.0828. The molecule has 1 saturated heterocycles. The highest BCUT2D eigenvalue weighted by molar-refractivity contribution is 7.89. The monoisotopic (exact) mass is 706 g/mol. The van der Waals surface area contributed by atoms with Crippen LogP contribution in [0.1, 0.15) is 50.9 Å². The maximum atomic E-state index is 14.2. The fourth-order valence-electron chi connectivity index (χ4n) is 5.89. The first-order chi connectivity index (χ1) is 23.8. The number of urea groups is 1. The second kappa shape index (κ2) is 17.3. The molecule has 4 rings (SSSR count). The largest absolute Gasteiger partial charge is 0.411 e. The molecule has 1 fully saturated rings. The number of hydrogen-bond acceptors (Lipinski definition) is 9. The molecular weight excluding hydrogens is 660 g/mol. The first-order valence-corrected chi connectivity index (χ1v) is 18.1. The van der Waals surface area contributed by atoms with Gasteiger partial charge in [-0.2, -0.15) is 4.31 Å². The Kier molecular flexibility index (Phi) is 13.2. The standard InChI is InChI=1S/C36H46N6O7S/c1-5-26(4)34(42-24-33(44)41(36(42)46)22-29-13-9-10-18-37-29)35(45)39-31(19-27-11-7-6-8-12-27)32(43)23-40(21-25(2)3)50(48,49)30-16-14-28(15-17-30)20-38-47/h6-18,20,25-26,31-32,34,43,47H,5,19,21-24H2,1-4H3,(H,39,45)/t26-,31-,32-,34-/m0/s1. The molecule has 0 bridgehead atoms. The molecule has 3 N–H and O–H groups in total. The van der Waals surface area contributed by atoms with Crippen molar-refractivity contribution in [1.82, 2.24) is 24.4 Å². The van der Waals surface area contributed by atoms with Crippen molar-refractivity contribution in [3.8, 4) is 0 Å². The number of aliphatic hydroxyl groups excluding tert-OH is 1. The molecule has 1 aromatic heterocycles. The summed E-state index contributed by atoms with van der Waals surface area (Å²) in [5.74, 6) is -1.45. The van der Waals surface area contributed by atoms with Crippen molar-refractivity contribution in [1.29, 1.82) is 0 Å². The summed E-state index contributed by atoms with van der Waals surface area (Å²) in [6, 6.07) is 17.6. The van der Waals surface area contributed by atoms with E-state index in [0.29, 0.717) is 17.7 Å². The van der Waals surface area contributed by atoms with Gasteiger partial charge in [0.05, 0.1) is 35.5 Å². The van der Waals surface area contributed by atoms with E-state index in [4.69, 9.17) is 5.21 Å². The summed E-state index contributed by atoms with van der Waals surface area (Å²) in [6.45, 7) is 6.87. The minimum atomic E-state index is -4.10. The van der Waals surface area contributed by atoms with Crippen LogP contribution in [0.4, 0.5) is 4.79 Å². The number of imide groups is 1. The lowest BCUT2D eigenvalue weighted by Crippen LogP contribution is -2.57. The minimum absolute atomic E-state index is 0.00612. The van der Waals surface area contributed by atoms with E-state index in [1.807, 2.05) is 58.0 Å². The predicted octanol–water partition coefficient (Wildman–Crippen LogP) is 3.50. The highest BCUT2D eigenvalue weighted by atomic mass is 32.2. The van der Waals surface area contributed by atoms with E-state index in [1.54, 1.807) is 24.4 Å². The Morgan fingerprint density at radius 2 is 1.70 bits per heavy atom. The van der Waals surface area contributed by atoms with Gasteiger partial charge in [-0.25, -0.2) is 13.2 Å². The molecule has 1 aliphatic heterocycles. The normalized spacial score (nSPS) is 16.3. The second-order valence-electron chi connectivity index (χ2n) is 12.9. The number of rotatable bonds is 17. The Hall–Kier alpha value is -4.66. The fraction of sp³-hybridized carbons (Fsp3) is 0.417. The lowest BCUT2D eigenvalue weighted by molar-refractivity contribution is -0.129. The molecule has 0 unspecified atom stereocenters. The zero-order valence-electron chi connectivity index (χ0n) is 28.8. The summed E-state index contributed by atoms with van der Waals surface area (Å²) in [6.07, 6.45) is 2.08. The number of oxime groups is 1. The maximum Gasteiger partial charge on any atom is 0.328 e. The number of hydrogen-bond donors (Lipinski definition) is 3. The number of amides is 4. The van der Waals surface area contributed by atoms with E-state index in [0.717, 1.165) is 10.5 Å². The van der Waals surface area contributed by atoms with Crippen LogP contribution in [0.2, 0.25) is 0 Å². The van der Waals surface area contributed by atoms with Crippen LogP contribution >= 0.6 is 0 Å². The summed E-state index contributed by atoms with van der Waals surface area (Å²) < 4.78 is 28.9. The van der Waals surface area contributed by atoms with Crippen molar-refractivity contribution >= 4 is 34.1 Å². The number of nitrogens with one attached hydrogen (secondary N) is 1. The average molecular weight is 707 g/mol. The van der Waals surface area contributed by atoms with Gasteiger partial charge in [-0.3, -0.25) is 19.5 Å². The molecule has 4 atom stereocenters. The zero-order chi connectivity index (χ0) is 36.4. The second-order valence-corrected chi connectivity index (χ2v) is 14.9. The summed E-state index contributed by atoms with van der Waals surface area (Å²) >= 11 is 0. The van der Waals surface area contributed by atoms with Crippen molar-refractivity contribution < 1.29 is 33.1 Å². The third-order valence-corrected chi connectivity index (χ3v) is 10.5. The molecule has 2 heterocycles. The number of sulfonamides is 1. The molecule has 4 amide bonds. The molecule has 13 nitrogen and oxygen atoms in total. The molecule has 0 saturated carbocycles. The van der Waals surface area contributed by atoms with Gasteiger partial charge in [-0.15, -0.1) is 0 Å². The third-order valence-electron chi connectivity index (χ3n) is 8.69. The first kappa shape index (κ1) is 38.1. The van der Waals surface area contributed by atoms with Crippen LogP contribution in [-0.4, -0.2) is 99.7 Å². The molecule has 3 aromatic rings. The van der Waals surface area contributed by atoms with Gasteiger partial charge in [0, 0.05) is 19.3 Å². The SMILES string of the molecule is CC[C@H](C)[C@@H](C(=O)N[C@@H](Cc1ccccc1)[C@@H](O)CN(CC(C)C)S(=O)(=O)c1ccc(C=NO)cc1)N1CC(=O)N(Cc2ccccn2)C1=O. The van der Waals surface area contributed by atoms with Crippen LogP contribution in [0.3, 0.4) is 0 Å². The number of carbonyl (C=O) groups excluding carboxylic acids is 3. The van der Waals surface area contributed by atoms with Gasteiger partial charge in [0.25, 0.3) is 5.91 Å². The van der Waals surface area contributed by atoms with Crippen LogP contribution < -0.4 is 5.32 Å². The molecule has 50 heavy (non-hydrogen) atoms. The Labute approximate surface area is 293 Å². The van der Waals surface area contributed by atoms with Crippen molar-refractivity contribution in [3.63, 3.8) is 0 Å². The molecule has 268 valence electrons. The molecule has 14 heteroatoms. The molecule has 0 radical (unpaired) electrons. The van der Waals surface area contributed by atoms with Crippen LogP contribution in [0.25, 0.3) is 0 Å². The van der Waals surface area contributed by atoms with Gasteiger partial charge < -0.3 is 20.5 Å². The summed E-state index contributed by atoms with van der Waals surface area (Å²) in [5, 5.41) is 26.5. The van der Waals surface area contributed by atoms with Crippen molar-refractivity contribution in [2.75, 3.05) is 19.6 Å². The van der Waals surface area contributed by atoms with Gasteiger partial charge in [0.2, 0.25) is 15.9 Å². The van der Waals surface area contributed by atoms with Crippen molar-refractivity contribution in [3.05, 3.63) is 95.8 Å². The summed E-state index contributed by atoms with van der Waals surface area (Å²) in [5.41, 5.74) is 1.83. The predicted molar refractivity (Wildman–Crippen MR) is 188 cm³/mol. The first-order valence-electron chi connectivity index (χ1n) is 16.7. The smallest absolute Gasteiger partial charge is 0.328 e. The van der Waals surface area contributed by atoms with E-state index in [1.165, 1.54) is 39.7 Å². The topological polar surface area (TPSA) is 173 Å². The highest BCUT2D eigenvalue weighted by Crippen LogP contribution is 2.24. The van der Waals surface area contributed by atoms with E-state index >= 15 is 0 Å². The van der Waals surface area contributed by atoms with E-state index in [2.05, 4.69) is 15.5 Å². The highest BCUT2D eigenvalue weighted by Gasteiger charge is 2.45. The molecule has 0 aliphatic carbocycles. The van der Waals surface area contributed by atoms with E-state index in [-0.39, 0.29) is 49.3 Å². The maximum absolute atomic E-state index is 14.2. The van der Waals surface area contributed by atoms with E-state index in [9.17, 15) is 27.9 Å². The van der Waals surface area contributed by atoms with E-state index < -0.39 is 46.1 Å². The van der Waals surface area contributed by atoms with Crippen molar-refractivity contribution in [2.45, 2.75) is 70.2 Å². The van der Waals surface area contributed by atoms with Crippen LogP contribution in [0.15, 0.2) is 89.0 Å². The number of aromatic nitrogens is 1. The summed E-state index contributed by atoms with van der Waals surface area (Å²) in [4.78, 5) is 47.5. The third kappa shape index (κ3) is 9.52. The molecule has 0 spiro atoms. The van der Waals surface area contributed by atoms with Gasteiger partial charge >= 0.3 is 6.03 Å². The average Bonchev–Trinajstić information content (AvgIpc) is 3.36. The van der Waals surface area contributed by atoms with Crippen LogP contribution in [-0.2, 0) is 32.6 Å². The lowest BCUT2D eigenvalue weighted by Gasteiger charge is -2.34. The van der Waals surface area contributed by atoms with Gasteiger partial charge in [-0.1, -0.05) is 87.8 Å². The molecule has 1 aliphatic rings. The number of benzene rings is 2. The molecule has 2 aromatic carbocycles. The Morgan fingerprint density at radius 1 is 1.02 bits per heavy atom. The number of pyridine rings is 1. The number of nitrogens with zero attached hydrogens (tertiary/aromatic N) is 5. The molecular formula is C36H46N6O7S.